The van der Waals surface area contributed by atoms with E-state index in [1.54, 1.807) is 0 Å². The van der Waals surface area contributed by atoms with E-state index in [-0.39, 0.29) is 6.61 Å². The highest BCUT2D eigenvalue weighted by atomic mass is 32.2. The predicted molar refractivity (Wildman–Crippen MR) is 65.9 cm³/mol. The quantitative estimate of drug-likeness (QED) is 0.623. The summed E-state index contributed by atoms with van der Waals surface area (Å²) in [6.07, 6.45) is 5.69. The Bertz CT molecular complexity index is 122. The Hall–Kier alpha value is 0.270. The van der Waals surface area contributed by atoms with Gasteiger partial charge >= 0.3 is 0 Å². The highest BCUT2D eigenvalue weighted by molar-refractivity contribution is 7.98. The van der Waals surface area contributed by atoms with E-state index in [4.69, 9.17) is 5.11 Å². The van der Waals surface area contributed by atoms with E-state index in [9.17, 15) is 0 Å². The number of hydrogen-bond acceptors (Lipinski definition) is 3. The minimum atomic E-state index is 0.263. The van der Waals surface area contributed by atoms with Crippen molar-refractivity contribution in [3.63, 3.8) is 0 Å². The largest absolute Gasteiger partial charge is 0.395 e. The normalized spacial score (nSPS) is 15.4. The number of nitrogens with one attached hydrogen (secondary N) is 1. The Morgan fingerprint density at radius 1 is 1.36 bits per heavy atom. The second kappa shape index (κ2) is 9.81. The summed E-state index contributed by atoms with van der Waals surface area (Å²) in [7, 11) is 0. The molecular weight excluding hydrogens is 194 g/mol. The molecule has 0 rings (SSSR count). The molecule has 14 heavy (non-hydrogen) atoms. The fraction of sp³-hybridized carbons (Fsp3) is 1.00. The lowest BCUT2D eigenvalue weighted by Gasteiger charge is -2.18. The zero-order chi connectivity index (χ0) is 10.8. The maximum atomic E-state index is 9.12. The van der Waals surface area contributed by atoms with Crippen molar-refractivity contribution >= 4 is 11.8 Å². The van der Waals surface area contributed by atoms with Crippen LogP contribution in [-0.2, 0) is 0 Å². The second-order valence-electron chi connectivity index (χ2n) is 3.96. The van der Waals surface area contributed by atoms with E-state index >= 15 is 0 Å². The number of rotatable bonds is 9. The molecule has 3 heteroatoms. The fourth-order valence-electron chi connectivity index (χ4n) is 1.48. The van der Waals surface area contributed by atoms with Gasteiger partial charge in [-0.05, 0) is 37.3 Å². The molecule has 2 N–H and O–H groups in total. The van der Waals surface area contributed by atoms with Crippen LogP contribution in [0.5, 0.6) is 0 Å². The predicted octanol–water partition coefficient (Wildman–Crippen LogP) is 2.13. The fourth-order valence-corrected chi connectivity index (χ4v) is 2.00. The molecule has 86 valence electrons. The van der Waals surface area contributed by atoms with Gasteiger partial charge in [0.2, 0.25) is 0 Å². The zero-order valence-electron chi connectivity index (χ0n) is 9.75. The molecule has 0 bridgehead atoms. The topological polar surface area (TPSA) is 32.3 Å². The lowest BCUT2D eigenvalue weighted by molar-refractivity contribution is 0.234. The monoisotopic (exact) mass is 219 g/mol. The maximum Gasteiger partial charge on any atom is 0.0584 e. The van der Waals surface area contributed by atoms with Gasteiger partial charge in [0.25, 0.3) is 0 Å². The third-order valence-corrected chi connectivity index (χ3v) is 3.07. The first kappa shape index (κ1) is 14.3. The number of aliphatic hydroxyl groups is 1. The summed E-state index contributed by atoms with van der Waals surface area (Å²) >= 11 is 1.84. The van der Waals surface area contributed by atoms with E-state index in [0.717, 1.165) is 24.6 Å². The molecular formula is C11H25NOS. The van der Waals surface area contributed by atoms with Crippen LogP contribution in [0.4, 0.5) is 0 Å². The minimum absolute atomic E-state index is 0.263. The van der Waals surface area contributed by atoms with Crippen molar-refractivity contribution in [2.75, 3.05) is 25.2 Å². The van der Waals surface area contributed by atoms with Crippen molar-refractivity contribution < 1.29 is 5.11 Å². The van der Waals surface area contributed by atoms with Crippen LogP contribution in [0, 0.1) is 5.92 Å². The van der Waals surface area contributed by atoms with E-state index in [1.165, 1.54) is 12.8 Å². The molecule has 0 heterocycles. The Balaban J connectivity index is 3.50. The Morgan fingerprint density at radius 3 is 2.57 bits per heavy atom. The third-order valence-electron chi connectivity index (χ3n) is 2.43. The molecule has 0 amide bonds. The smallest absolute Gasteiger partial charge is 0.0584 e. The number of aliphatic hydroxyl groups excluding tert-OH is 1. The molecule has 0 saturated heterocycles. The molecule has 0 spiro atoms. The Kier molecular flexibility index (Phi) is 10.0. The van der Waals surface area contributed by atoms with Gasteiger partial charge in [0, 0.05) is 6.04 Å². The van der Waals surface area contributed by atoms with E-state index in [0.29, 0.717) is 6.04 Å². The van der Waals surface area contributed by atoms with Crippen LogP contribution in [0.25, 0.3) is 0 Å². The maximum absolute atomic E-state index is 9.12. The van der Waals surface area contributed by atoms with Crippen molar-refractivity contribution in [1.29, 1.82) is 0 Å². The molecule has 0 radical (unpaired) electrons. The van der Waals surface area contributed by atoms with Crippen LogP contribution in [0.1, 0.15) is 33.1 Å². The molecule has 2 atom stereocenters. The van der Waals surface area contributed by atoms with Gasteiger partial charge < -0.3 is 10.4 Å². The summed E-state index contributed by atoms with van der Waals surface area (Å²) in [5.41, 5.74) is 0. The third kappa shape index (κ3) is 7.65. The zero-order valence-corrected chi connectivity index (χ0v) is 10.6. The summed E-state index contributed by atoms with van der Waals surface area (Å²) in [6, 6.07) is 0.293. The van der Waals surface area contributed by atoms with Gasteiger partial charge in [-0.1, -0.05) is 20.3 Å². The second-order valence-corrected chi connectivity index (χ2v) is 4.95. The summed E-state index contributed by atoms with van der Waals surface area (Å²) in [4.78, 5) is 0. The lowest BCUT2D eigenvalue weighted by atomic mass is 10.1. The van der Waals surface area contributed by atoms with Crippen LogP contribution in [-0.4, -0.2) is 36.3 Å². The van der Waals surface area contributed by atoms with Crippen LogP contribution in [0.2, 0.25) is 0 Å². The van der Waals surface area contributed by atoms with E-state index < -0.39 is 0 Å². The van der Waals surface area contributed by atoms with Gasteiger partial charge in [-0.2, -0.15) is 11.8 Å². The van der Waals surface area contributed by atoms with Gasteiger partial charge in [-0.15, -0.1) is 0 Å². The summed E-state index contributed by atoms with van der Waals surface area (Å²) in [6.45, 7) is 5.78. The number of thioether (sulfide) groups is 1. The summed E-state index contributed by atoms with van der Waals surface area (Å²) in [5, 5.41) is 12.5. The van der Waals surface area contributed by atoms with Crippen LogP contribution >= 0.6 is 11.8 Å². The molecule has 0 saturated carbocycles. The first-order chi connectivity index (χ1) is 6.74. The molecule has 2 unspecified atom stereocenters. The van der Waals surface area contributed by atoms with Gasteiger partial charge in [0.05, 0.1) is 6.61 Å². The molecule has 2 nitrogen and oxygen atoms in total. The number of hydrogen-bond donors (Lipinski definition) is 2. The first-order valence-electron chi connectivity index (χ1n) is 5.57. The first-order valence-corrected chi connectivity index (χ1v) is 6.97. The van der Waals surface area contributed by atoms with Crippen molar-refractivity contribution in [1.82, 2.24) is 5.32 Å². The van der Waals surface area contributed by atoms with Crippen molar-refractivity contribution in [3.8, 4) is 0 Å². The van der Waals surface area contributed by atoms with Crippen LogP contribution in [0.15, 0.2) is 0 Å². The van der Waals surface area contributed by atoms with Crippen molar-refractivity contribution in [2.45, 2.75) is 39.2 Å². The molecule has 0 aromatic heterocycles. The molecule has 0 aliphatic carbocycles. The highest BCUT2D eigenvalue weighted by Gasteiger charge is 2.07. The van der Waals surface area contributed by atoms with E-state index in [1.807, 2.05) is 11.8 Å². The van der Waals surface area contributed by atoms with Crippen LogP contribution < -0.4 is 5.32 Å². The molecule has 0 aromatic carbocycles. The van der Waals surface area contributed by atoms with Gasteiger partial charge in [-0.3, -0.25) is 0 Å². The van der Waals surface area contributed by atoms with Crippen molar-refractivity contribution in [3.05, 3.63) is 0 Å². The molecule has 0 aromatic rings. The SMILES string of the molecule is CCCC(C)CNC(CO)CCSC. The van der Waals surface area contributed by atoms with Gasteiger partial charge in [0.1, 0.15) is 0 Å². The lowest BCUT2D eigenvalue weighted by Crippen LogP contribution is -2.36. The Labute approximate surface area is 92.9 Å². The van der Waals surface area contributed by atoms with Crippen molar-refractivity contribution in [2.24, 2.45) is 5.92 Å². The molecule has 0 aliphatic rings. The summed E-state index contributed by atoms with van der Waals surface area (Å²) < 4.78 is 0. The average molecular weight is 219 g/mol. The van der Waals surface area contributed by atoms with Gasteiger partial charge in [0.15, 0.2) is 0 Å². The molecule has 0 aliphatic heterocycles. The summed E-state index contributed by atoms with van der Waals surface area (Å²) in [5.74, 6) is 1.85. The van der Waals surface area contributed by atoms with Gasteiger partial charge in [-0.25, -0.2) is 0 Å². The standard InChI is InChI=1S/C11H25NOS/c1-4-5-10(2)8-12-11(9-13)6-7-14-3/h10-13H,4-9H2,1-3H3. The van der Waals surface area contributed by atoms with E-state index in [2.05, 4.69) is 25.4 Å². The highest BCUT2D eigenvalue weighted by Crippen LogP contribution is 2.05. The minimum Gasteiger partial charge on any atom is -0.395 e. The molecule has 0 fully saturated rings. The van der Waals surface area contributed by atoms with Crippen LogP contribution in [0.3, 0.4) is 0 Å². The average Bonchev–Trinajstić information content (AvgIpc) is 2.19. The Morgan fingerprint density at radius 2 is 2.07 bits per heavy atom.